The van der Waals surface area contributed by atoms with Gasteiger partial charge in [-0.05, 0) is 57.1 Å². The number of ether oxygens (including phenoxy) is 1. The average molecular weight is 365 g/mol. The fourth-order valence-electron chi connectivity index (χ4n) is 3.91. The summed E-state index contributed by atoms with van der Waals surface area (Å²) in [5.41, 5.74) is 4.26. The number of hydrogen-bond donors (Lipinski definition) is 1. The van der Waals surface area contributed by atoms with E-state index in [4.69, 9.17) is 4.74 Å². The van der Waals surface area contributed by atoms with Gasteiger partial charge in [0, 0.05) is 23.7 Å². The maximum absolute atomic E-state index is 5.26. The molecule has 6 heteroatoms. The Morgan fingerprint density at radius 3 is 2.63 bits per heavy atom. The highest BCUT2D eigenvalue weighted by Gasteiger charge is 2.19. The lowest BCUT2D eigenvalue weighted by Gasteiger charge is -2.32. The second kappa shape index (κ2) is 7.96. The maximum atomic E-state index is 5.26. The first-order chi connectivity index (χ1) is 13.3. The molecule has 0 aliphatic carbocycles. The number of likely N-dealkylation sites (tertiary alicyclic amines) is 1. The van der Waals surface area contributed by atoms with Gasteiger partial charge in [0.1, 0.15) is 5.75 Å². The summed E-state index contributed by atoms with van der Waals surface area (Å²) in [6, 6.07) is 8.53. The molecule has 0 unspecified atom stereocenters. The van der Waals surface area contributed by atoms with Crippen LogP contribution < -0.4 is 4.74 Å². The molecule has 142 valence electrons. The summed E-state index contributed by atoms with van der Waals surface area (Å²) >= 11 is 0. The van der Waals surface area contributed by atoms with Crippen LogP contribution in [-0.4, -0.2) is 50.9 Å². The van der Waals surface area contributed by atoms with Crippen molar-refractivity contribution in [1.29, 1.82) is 0 Å². The van der Waals surface area contributed by atoms with E-state index in [-0.39, 0.29) is 0 Å². The van der Waals surface area contributed by atoms with E-state index in [1.807, 2.05) is 43.0 Å². The third kappa shape index (κ3) is 3.76. The molecule has 0 bridgehead atoms. The van der Waals surface area contributed by atoms with Gasteiger partial charge in [-0.25, -0.2) is 4.98 Å². The molecule has 0 spiro atoms. The molecule has 1 saturated heterocycles. The van der Waals surface area contributed by atoms with E-state index in [9.17, 15) is 0 Å². The number of nitrogens with zero attached hydrogens (tertiary/aromatic N) is 4. The topological polar surface area (TPSA) is 59.0 Å². The molecule has 27 heavy (non-hydrogen) atoms. The Kier molecular flexibility index (Phi) is 5.25. The van der Waals surface area contributed by atoms with Gasteiger partial charge in [-0.1, -0.05) is 6.42 Å². The lowest BCUT2D eigenvalue weighted by Crippen LogP contribution is -2.39. The quantitative estimate of drug-likeness (QED) is 0.721. The molecule has 0 radical (unpaired) electrons. The first-order valence-electron chi connectivity index (χ1n) is 9.68. The molecule has 1 aliphatic rings. The second-order valence-corrected chi connectivity index (χ2v) is 7.26. The van der Waals surface area contributed by atoms with E-state index >= 15 is 0 Å². The molecule has 1 atom stereocenters. The van der Waals surface area contributed by atoms with E-state index in [0.717, 1.165) is 34.8 Å². The lowest BCUT2D eigenvalue weighted by atomic mass is 10.1. The molecule has 6 nitrogen and oxygen atoms in total. The first kappa shape index (κ1) is 17.8. The van der Waals surface area contributed by atoms with Gasteiger partial charge in [-0.2, -0.15) is 5.10 Å². The van der Waals surface area contributed by atoms with Crippen LogP contribution in [0.25, 0.3) is 22.5 Å². The molecule has 1 aromatic carbocycles. The van der Waals surface area contributed by atoms with Crippen LogP contribution in [0.1, 0.15) is 26.2 Å². The normalized spacial score (nSPS) is 16.4. The van der Waals surface area contributed by atoms with E-state index in [1.165, 1.54) is 32.4 Å². The minimum absolute atomic E-state index is 0.495. The second-order valence-electron chi connectivity index (χ2n) is 7.26. The highest BCUT2D eigenvalue weighted by molar-refractivity contribution is 5.78. The van der Waals surface area contributed by atoms with Crippen LogP contribution in [-0.2, 0) is 6.54 Å². The Morgan fingerprint density at radius 2 is 1.89 bits per heavy atom. The van der Waals surface area contributed by atoms with Crippen molar-refractivity contribution in [3.05, 3.63) is 43.0 Å². The van der Waals surface area contributed by atoms with Crippen molar-refractivity contribution in [2.75, 3.05) is 20.2 Å². The highest BCUT2D eigenvalue weighted by atomic mass is 16.5. The number of aromatic amines is 1. The van der Waals surface area contributed by atoms with Gasteiger partial charge in [0.05, 0.1) is 37.2 Å². The zero-order valence-corrected chi connectivity index (χ0v) is 16.1. The standard InChI is InChI=1S/C21H27N5O/c1-16(25-10-4-3-5-11-25)14-26-15-22-13-20(26)19-12-23-24-21(19)17-6-8-18(27-2)9-7-17/h6-9,12-13,15-16H,3-5,10-11,14H2,1-2H3,(H,23,24)/t16-/m1/s1. The molecule has 1 aliphatic heterocycles. The number of aromatic nitrogens is 4. The minimum atomic E-state index is 0.495. The fourth-order valence-corrected chi connectivity index (χ4v) is 3.91. The van der Waals surface area contributed by atoms with Crippen molar-refractivity contribution in [2.45, 2.75) is 38.8 Å². The van der Waals surface area contributed by atoms with E-state index in [1.54, 1.807) is 7.11 Å². The molecular weight excluding hydrogens is 338 g/mol. The van der Waals surface area contributed by atoms with Crippen molar-refractivity contribution < 1.29 is 4.74 Å². The number of methoxy groups -OCH3 is 1. The summed E-state index contributed by atoms with van der Waals surface area (Å²) in [5.74, 6) is 0.847. The average Bonchev–Trinajstić information content (AvgIpc) is 3.37. The smallest absolute Gasteiger partial charge is 0.118 e. The number of H-pyrrole nitrogens is 1. The zero-order valence-electron chi connectivity index (χ0n) is 16.1. The van der Waals surface area contributed by atoms with E-state index in [2.05, 4.69) is 31.6 Å². The van der Waals surface area contributed by atoms with Crippen molar-refractivity contribution >= 4 is 0 Å². The molecule has 3 aromatic rings. The Morgan fingerprint density at radius 1 is 1.11 bits per heavy atom. The molecule has 3 heterocycles. The summed E-state index contributed by atoms with van der Waals surface area (Å²) in [6.07, 6.45) is 9.73. The monoisotopic (exact) mass is 365 g/mol. The number of nitrogens with one attached hydrogen (secondary N) is 1. The lowest BCUT2D eigenvalue weighted by molar-refractivity contribution is 0.160. The van der Waals surface area contributed by atoms with Crippen LogP contribution in [0.2, 0.25) is 0 Å². The van der Waals surface area contributed by atoms with Gasteiger partial charge in [-0.15, -0.1) is 0 Å². The predicted octanol–water partition coefficient (Wildman–Crippen LogP) is 3.82. The van der Waals surface area contributed by atoms with Crippen molar-refractivity contribution in [1.82, 2.24) is 24.6 Å². The summed E-state index contributed by atoms with van der Waals surface area (Å²) in [7, 11) is 1.68. The van der Waals surface area contributed by atoms with Gasteiger partial charge >= 0.3 is 0 Å². The predicted molar refractivity (Wildman–Crippen MR) is 107 cm³/mol. The molecule has 1 fully saturated rings. The number of hydrogen-bond acceptors (Lipinski definition) is 4. The Hall–Kier alpha value is -2.60. The van der Waals surface area contributed by atoms with Gasteiger partial charge in [0.2, 0.25) is 0 Å². The van der Waals surface area contributed by atoms with Crippen LogP contribution >= 0.6 is 0 Å². The number of benzene rings is 1. The number of piperidine rings is 1. The molecule has 1 N–H and O–H groups in total. The third-order valence-electron chi connectivity index (χ3n) is 5.48. The van der Waals surface area contributed by atoms with Crippen molar-refractivity contribution in [3.8, 4) is 28.3 Å². The number of rotatable bonds is 6. The molecule has 4 rings (SSSR count). The van der Waals surface area contributed by atoms with Gasteiger partial charge in [0.15, 0.2) is 0 Å². The number of imidazole rings is 1. The van der Waals surface area contributed by atoms with Crippen LogP contribution in [0.3, 0.4) is 0 Å². The van der Waals surface area contributed by atoms with Crippen LogP contribution in [0, 0.1) is 0 Å². The Bertz CT molecular complexity index is 861. The van der Waals surface area contributed by atoms with Crippen LogP contribution in [0.4, 0.5) is 0 Å². The summed E-state index contributed by atoms with van der Waals surface area (Å²) in [5, 5.41) is 7.45. The first-order valence-corrected chi connectivity index (χ1v) is 9.68. The molecular formula is C21H27N5O. The van der Waals surface area contributed by atoms with Crippen LogP contribution in [0.5, 0.6) is 5.75 Å². The third-order valence-corrected chi connectivity index (χ3v) is 5.48. The Labute approximate surface area is 160 Å². The van der Waals surface area contributed by atoms with E-state index in [0.29, 0.717) is 6.04 Å². The van der Waals surface area contributed by atoms with Gasteiger partial charge in [0.25, 0.3) is 0 Å². The fraction of sp³-hybridized carbons (Fsp3) is 0.429. The van der Waals surface area contributed by atoms with Crippen molar-refractivity contribution in [3.63, 3.8) is 0 Å². The molecule has 2 aromatic heterocycles. The van der Waals surface area contributed by atoms with Gasteiger partial charge < -0.3 is 9.30 Å². The SMILES string of the molecule is COc1ccc(-c2[nH]ncc2-c2cncn2C[C@@H](C)N2CCCCC2)cc1. The Balaban J connectivity index is 1.58. The van der Waals surface area contributed by atoms with Crippen molar-refractivity contribution in [2.24, 2.45) is 0 Å². The maximum Gasteiger partial charge on any atom is 0.118 e. The zero-order chi connectivity index (χ0) is 18.6. The summed E-state index contributed by atoms with van der Waals surface area (Å²) < 4.78 is 7.51. The summed E-state index contributed by atoms with van der Waals surface area (Å²) in [4.78, 5) is 7.01. The van der Waals surface area contributed by atoms with E-state index < -0.39 is 0 Å². The highest BCUT2D eigenvalue weighted by Crippen LogP contribution is 2.31. The minimum Gasteiger partial charge on any atom is -0.497 e. The molecule has 0 saturated carbocycles. The van der Waals surface area contributed by atoms with Gasteiger partial charge in [-0.3, -0.25) is 10.00 Å². The van der Waals surface area contributed by atoms with Crippen LogP contribution in [0.15, 0.2) is 43.0 Å². The summed E-state index contributed by atoms with van der Waals surface area (Å²) in [6.45, 7) is 5.65. The largest absolute Gasteiger partial charge is 0.497 e. The molecule has 0 amide bonds.